The molecule has 6 heteroatoms. The van der Waals surface area contributed by atoms with Crippen LogP contribution in [0.25, 0.3) is 0 Å². The predicted octanol–water partition coefficient (Wildman–Crippen LogP) is 2.34. The Morgan fingerprint density at radius 2 is 1.40 bits per heavy atom. The fourth-order valence-electron chi connectivity index (χ4n) is 2.95. The molecule has 3 rings (SSSR count). The minimum Gasteiger partial charge on any atom is -0.399 e. The molecular weight excluding hydrogens is 332 g/mol. The van der Waals surface area contributed by atoms with Crippen molar-refractivity contribution in [3.8, 4) is 0 Å². The number of hydrogen-bond donors (Lipinski definition) is 0. The summed E-state index contributed by atoms with van der Waals surface area (Å²) < 4.78 is 25.3. The molecule has 1 aliphatic rings. The van der Waals surface area contributed by atoms with Crippen LogP contribution >= 0.6 is 0 Å². The second kappa shape index (κ2) is 6.04. The van der Waals surface area contributed by atoms with Gasteiger partial charge in [-0.2, -0.15) is 4.39 Å². The lowest BCUT2D eigenvalue weighted by atomic mass is 9.79. The molecular formula is C19H25BFNO2Si. The maximum absolute atomic E-state index is 13.1. The van der Waals surface area contributed by atoms with Gasteiger partial charge in [0.05, 0.1) is 11.2 Å². The first-order valence-corrected chi connectivity index (χ1v) is 11.6. The van der Waals surface area contributed by atoms with Crippen molar-refractivity contribution in [3.63, 3.8) is 0 Å². The molecule has 2 heterocycles. The summed E-state index contributed by atoms with van der Waals surface area (Å²) in [5.74, 6) is -0.440. The maximum atomic E-state index is 13.1. The Kier molecular flexibility index (Phi) is 4.42. The summed E-state index contributed by atoms with van der Waals surface area (Å²) in [7, 11) is -2.26. The molecule has 2 aromatic rings. The molecule has 0 N–H and O–H groups in total. The molecule has 132 valence electrons. The molecule has 0 atom stereocenters. The van der Waals surface area contributed by atoms with E-state index in [2.05, 4.69) is 70.0 Å². The second-order valence-corrected chi connectivity index (χ2v) is 12.6. The van der Waals surface area contributed by atoms with E-state index in [-0.39, 0.29) is 18.3 Å². The van der Waals surface area contributed by atoms with Crippen molar-refractivity contribution in [1.29, 1.82) is 0 Å². The zero-order chi connectivity index (χ0) is 18.5. The molecule has 1 aromatic carbocycles. The fourth-order valence-corrected chi connectivity index (χ4v) is 5.17. The van der Waals surface area contributed by atoms with Gasteiger partial charge in [0, 0.05) is 6.20 Å². The lowest BCUT2D eigenvalue weighted by Gasteiger charge is -2.32. The van der Waals surface area contributed by atoms with Crippen molar-refractivity contribution in [2.45, 2.75) is 52.0 Å². The Hall–Kier alpha value is -1.50. The number of halogens is 1. The van der Waals surface area contributed by atoms with Crippen molar-refractivity contribution in [3.05, 3.63) is 48.5 Å². The van der Waals surface area contributed by atoms with Gasteiger partial charge in [-0.25, -0.2) is 4.98 Å². The van der Waals surface area contributed by atoms with Crippen LogP contribution < -0.4 is 15.8 Å². The number of benzene rings is 1. The van der Waals surface area contributed by atoms with E-state index >= 15 is 0 Å². The highest BCUT2D eigenvalue weighted by molar-refractivity contribution is 7.00. The Balaban J connectivity index is 1.84. The van der Waals surface area contributed by atoms with Crippen LogP contribution in [0.15, 0.2) is 42.6 Å². The van der Waals surface area contributed by atoms with Crippen molar-refractivity contribution < 1.29 is 13.7 Å². The zero-order valence-corrected chi connectivity index (χ0v) is 16.8. The van der Waals surface area contributed by atoms with Crippen LogP contribution in [-0.2, 0) is 9.31 Å². The van der Waals surface area contributed by atoms with E-state index in [1.807, 2.05) is 6.07 Å². The first-order valence-electron chi connectivity index (χ1n) is 8.61. The molecule has 1 saturated heterocycles. The predicted molar refractivity (Wildman–Crippen MR) is 103 cm³/mol. The molecule has 1 aliphatic heterocycles. The van der Waals surface area contributed by atoms with Crippen LogP contribution in [0.3, 0.4) is 0 Å². The summed E-state index contributed by atoms with van der Waals surface area (Å²) in [6.45, 7) is 12.7. The highest BCUT2D eigenvalue weighted by Crippen LogP contribution is 2.36. The van der Waals surface area contributed by atoms with Gasteiger partial charge in [-0.1, -0.05) is 48.6 Å². The van der Waals surface area contributed by atoms with E-state index in [1.54, 1.807) is 6.20 Å². The summed E-state index contributed by atoms with van der Waals surface area (Å²) in [6, 6.07) is 11.7. The average Bonchev–Trinajstić information content (AvgIpc) is 2.76. The minimum atomic E-state index is -1.91. The SMILES string of the molecule is CC1(C)OB(c2ccc([Si](C)(C)c3ccc(F)nc3)cc2)OC1(C)C. The number of rotatable bonds is 3. The molecule has 0 bridgehead atoms. The van der Waals surface area contributed by atoms with Gasteiger partial charge in [0.15, 0.2) is 0 Å². The zero-order valence-electron chi connectivity index (χ0n) is 15.8. The summed E-state index contributed by atoms with van der Waals surface area (Å²) in [5.41, 5.74) is 0.332. The largest absolute Gasteiger partial charge is 0.494 e. The van der Waals surface area contributed by atoms with Crippen LogP contribution in [-0.4, -0.2) is 31.4 Å². The summed E-state index contributed by atoms with van der Waals surface area (Å²) in [6.07, 6.45) is 1.66. The van der Waals surface area contributed by atoms with Crippen molar-refractivity contribution in [2.75, 3.05) is 0 Å². The third-order valence-electron chi connectivity index (χ3n) is 5.61. The number of aromatic nitrogens is 1. The van der Waals surface area contributed by atoms with Crippen LogP contribution in [0.2, 0.25) is 13.1 Å². The van der Waals surface area contributed by atoms with Gasteiger partial charge in [-0.15, -0.1) is 0 Å². The van der Waals surface area contributed by atoms with Crippen LogP contribution in [0.5, 0.6) is 0 Å². The molecule has 0 saturated carbocycles. The lowest BCUT2D eigenvalue weighted by Crippen LogP contribution is -2.53. The van der Waals surface area contributed by atoms with E-state index in [1.165, 1.54) is 11.3 Å². The molecule has 0 amide bonds. The molecule has 3 nitrogen and oxygen atoms in total. The smallest absolute Gasteiger partial charge is 0.399 e. The van der Waals surface area contributed by atoms with E-state index < -0.39 is 14.0 Å². The van der Waals surface area contributed by atoms with E-state index in [9.17, 15) is 4.39 Å². The van der Waals surface area contributed by atoms with Crippen molar-refractivity contribution >= 4 is 31.0 Å². The topological polar surface area (TPSA) is 31.4 Å². The van der Waals surface area contributed by atoms with Gasteiger partial charge in [-0.05, 0) is 44.4 Å². The number of hydrogen-bond acceptors (Lipinski definition) is 3. The maximum Gasteiger partial charge on any atom is 0.494 e. The second-order valence-electron chi connectivity index (χ2n) is 8.20. The molecule has 0 unspecified atom stereocenters. The Bertz CT molecular complexity index is 744. The van der Waals surface area contributed by atoms with Gasteiger partial charge in [0.1, 0.15) is 8.07 Å². The molecule has 1 fully saturated rings. The molecule has 0 spiro atoms. The summed E-state index contributed by atoms with van der Waals surface area (Å²) in [5, 5.41) is 2.37. The van der Waals surface area contributed by atoms with Crippen LogP contribution in [0, 0.1) is 5.95 Å². The summed E-state index contributed by atoms with van der Waals surface area (Å²) >= 11 is 0. The molecule has 0 radical (unpaired) electrons. The average molecular weight is 357 g/mol. The third kappa shape index (κ3) is 3.30. The van der Waals surface area contributed by atoms with E-state index in [0.29, 0.717) is 0 Å². The van der Waals surface area contributed by atoms with Crippen molar-refractivity contribution in [2.24, 2.45) is 0 Å². The minimum absolute atomic E-state index is 0.343. The summed E-state index contributed by atoms with van der Waals surface area (Å²) in [4.78, 5) is 3.81. The Labute approximate surface area is 150 Å². The van der Waals surface area contributed by atoms with Gasteiger partial charge in [0.2, 0.25) is 5.95 Å². The lowest BCUT2D eigenvalue weighted by molar-refractivity contribution is 0.00578. The third-order valence-corrected chi connectivity index (χ3v) is 9.12. The standard InChI is InChI=1S/C19H25BFNO2Si/c1-18(2)19(3,4)24-20(23-18)14-7-9-15(10-8-14)25(5,6)16-11-12-17(21)22-13-16/h7-13H,1-6H3. The van der Waals surface area contributed by atoms with Gasteiger partial charge in [-0.3, -0.25) is 0 Å². The van der Waals surface area contributed by atoms with Gasteiger partial charge < -0.3 is 9.31 Å². The van der Waals surface area contributed by atoms with Gasteiger partial charge in [0.25, 0.3) is 0 Å². The van der Waals surface area contributed by atoms with Crippen LogP contribution in [0.1, 0.15) is 27.7 Å². The first kappa shape index (κ1) is 18.3. The highest BCUT2D eigenvalue weighted by atomic mass is 28.3. The number of nitrogens with zero attached hydrogens (tertiary/aromatic N) is 1. The molecule has 25 heavy (non-hydrogen) atoms. The quantitative estimate of drug-likeness (QED) is 0.624. The normalized spacial score (nSPS) is 19.2. The van der Waals surface area contributed by atoms with E-state index in [4.69, 9.17) is 9.31 Å². The van der Waals surface area contributed by atoms with E-state index in [0.717, 1.165) is 10.6 Å². The molecule has 0 aliphatic carbocycles. The highest BCUT2D eigenvalue weighted by Gasteiger charge is 2.51. The Morgan fingerprint density at radius 3 is 1.88 bits per heavy atom. The Morgan fingerprint density at radius 1 is 0.880 bits per heavy atom. The fraction of sp³-hybridized carbons (Fsp3) is 0.421. The van der Waals surface area contributed by atoms with Crippen LogP contribution in [0.4, 0.5) is 4.39 Å². The molecule has 1 aromatic heterocycles. The van der Waals surface area contributed by atoms with Crippen molar-refractivity contribution in [1.82, 2.24) is 4.98 Å². The number of pyridine rings is 1. The van der Waals surface area contributed by atoms with Gasteiger partial charge >= 0.3 is 7.12 Å². The first-order chi connectivity index (χ1) is 11.5. The monoisotopic (exact) mass is 357 g/mol.